The van der Waals surface area contributed by atoms with Crippen LogP contribution in [0.2, 0.25) is 0 Å². The Morgan fingerprint density at radius 2 is 2.28 bits per heavy atom. The number of hydrogen-bond acceptors (Lipinski definition) is 2. The molecule has 3 heteroatoms. The molecule has 0 aliphatic carbocycles. The second-order valence-electron chi connectivity index (χ2n) is 5.37. The van der Waals surface area contributed by atoms with Gasteiger partial charge in [-0.05, 0) is 49.6 Å². The van der Waals surface area contributed by atoms with Gasteiger partial charge in [-0.2, -0.15) is 0 Å². The maximum Gasteiger partial charge on any atom is 0.119 e. The molecule has 2 aromatic rings. The first-order valence-corrected chi connectivity index (χ1v) is 6.79. The molecule has 1 saturated heterocycles. The number of methoxy groups -OCH3 is 1. The van der Waals surface area contributed by atoms with Crippen LogP contribution in [0.3, 0.4) is 0 Å². The molecule has 2 aliphatic heterocycles. The van der Waals surface area contributed by atoms with Crippen LogP contribution < -0.4 is 4.74 Å². The summed E-state index contributed by atoms with van der Waals surface area (Å²) in [5.74, 6) is 0.957. The van der Waals surface area contributed by atoms with Gasteiger partial charge in [0.2, 0.25) is 0 Å². The van der Waals surface area contributed by atoms with Gasteiger partial charge in [-0.1, -0.05) is 0 Å². The van der Waals surface area contributed by atoms with Crippen LogP contribution in [0.4, 0.5) is 0 Å². The van der Waals surface area contributed by atoms with Crippen molar-refractivity contribution < 1.29 is 4.74 Å². The van der Waals surface area contributed by atoms with Gasteiger partial charge >= 0.3 is 0 Å². The highest BCUT2D eigenvalue weighted by Crippen LogP contribution is 2.40. The molecule has 0 spiro atoms. The van der Waals surface area contributed by atoms with Gasteiger partial charge in [0, 0.05) is 23.1 Å². The van der Waals surface area contributed by atoms with Gasteiger partial charge in [0.25, 0.3) is 0 Å². The molecule has 1 atom stereocenters. The highest BCUT2D eigenvalue weighted by Gasteiger charge is 2.33. The Morgan fingerprint density at radius 1 is 1.33 bits per heavy atom. The molecule has 0 amide bonds. The number of aromatic amines is 1. The van der Waals surface area contributed by atoms with Crippen molar-refractivity contribution in [1.82, 2.24) is 9.88 Å². The maximum atomic E-state index is 5.35. The van der Waals surface area contributed by atoms with E-state index in [4.69, 9.17) is 4.74 Å². The zero-order chi connectivity index (χ0) is 12.1. The summed E-state index contributed by atoms with van der Waals surface area (Å²) in [5.41, 5.74) is 4.24. The minimum atomic E-state index is 0.632. The van der Waals surface area contributed by atoms with Gasteiger partial charge in [0.15, 0.2) is 0 Å². The highest BCUT2D eigenvalue weighted by molar-refractivity contribution is 5.86. The maximum absolute atomic E-state index is 5.35. The van der Waals surface area contributed by atoms with Crippen molar-refractivity contribution in [3.05, 3.63) is 29.5 Å². The Bertz CT molecular complexity index is 602. The number of benzene rings is 1. The van der Waals surface area contributed by atoms with E-state index in [2.05, 4.69) is 22.0 Å². The summed E-state index contributed by atoms with van der Waals surface area (Å²) in [6.45, 7) is 2.48. The SMILES string of the molecule is COc1ccc2[nH]c3c(c2c1)CCN1CCCC31. The molecule has 1 aromatic heterocycles. The summed E-state index contributed by atoms with van der Waals surface area (Å²) in [6.07, 6.45) is 3.80. The van der Waals surface area contributed by atoms with Crippen molar-refractivity contribution in [3.8, 4) is 5.75 Å². The number of aromatic nitrogens is 1. The number of fused-ring (bicyclic) bond motifs is 5. The number of H-pyrrole nitrogens is 1. The number of hydrogen-bond donors (Lipinski definition) is 1. The predicted octanol–water partition coefficient (Wildman–Crippen LogP) is 2.87. The van der Waals surface area contributed by atoms with Gasteiger partial charge in [-0.25, -0.2) is 0 Å². The fourth-order valence-electron chi connectivity index (χ4n) is 3.60. The molecule has 1 fully saturated rings. The van der Waals surface area contributed by atoms with Crippen LogP contribution in [0.1, 0.15) is 30.1 Å². The molecule has 1 aromatic carbocycles. The zero-order valence-corrected chi connectivity index (χ0v) is 10.7. The van der Waals surface area contributed by atoms with E-state index in [1.54, 1.807) is 7.11 Å². The molecule has 0 radical (unpaired) electrons. The Labute approximate surface area is 107 Å². The molecular weight excluding hydrogens is 224 g/mol. The highest BCUT2D eigenvalue weighted by atomic mass is 16.5. The molecule has 18 heavy (non-hydrogen) atoms. The average Bonchev–Trinajstić information content (AvgIpc) is 3.01. The lowest BCUT2D eigenvalue weighted by Gasteiger charge is -2.29. The minimum Gasteiger partial charge on any atom is -0.497 e. The Hall–Kier alpha value is -1.48. The number of rotatable bonds is 1. The van der Waals surface area contributed by atoms with Crippen molar-refractivity contribution in [2.45, 2.75) is 25.3 Å². The largest absolute Gasteiger partial charge is 0.497 e. The lowest BCUT2D eigenvalue weighted by atomic mass is 9.98. The fraction of sp³-hybridized carbons (Fsp3) is 0.467. The summed E-state index contributed by atoms with van der Waals surface area (Å²) in [7, 11) is 1.74. The van der Waals surface area contributed by atoms with Crippen molar-refractivity contribution in [2.24, 2.45) is 0 Å². The zero-order valence-electron chi connectivity index (χ0n) is 10.7. The Morgan fingerprint density at radius 3 is 3.17 bits per heavy atom. The van der Waals surface area contributed by atoms with Gasteiger partial charge < -0.3 is 9.72 Å². The van der Waals surface area contributed by atoms with Crippen LogP contribution in [0.5, 0.6) is 5.75 Å². The minimum absolute atomic E-state index is 0.632. The van der Waals surface area contributed by atoms with Gasteiger partial charge in [0.1, 0.15) is 5.75 Å². The average molecular weight is 242 g/mol. The van der Waals surface area contributed by atoms with Crippen molar-refractivity contribution >= 4 is 10.9 Å². The van der Waals surface area contributed by atoms with Crippen molar-refractivity contribution in [3.63, 3.8) is 0 Å². The molecule has 3 nitrogen and oxygen atoms in total. The second-order valence-corrected chi connectivity index (χ2v) is 5.37. The van der Waals surface area contributed by atoms with E-state index in [9.17, 15) is 0 Å². The van der Waals surface area contributed by atoms with Crippen LogP contribution in [0.15, 0.2) is 18.2 Å². The number of nitrogens with one attached hydrogen (secondary N) is 1. The summed E-state index contributed by atoms with van der Waals surface area (Å²) in [5, 5.41) is 1.36. The third-order valence-corrected chi connectivity index (χ3v) is 4.49. The normalized spacial score (nSPS) is 23.1. The first-order valence-electron chi connectivity index (χ1n) is 6.79. The lowest BCUT2D eigenvalue weighted by Crippen LogP contribution is -2.30. The summed E-state index contributed by atoms with van der Waals surface area (Å²) >= 11 is 0. The predicted molar refractivity (Wildman–Crippen MR) is 72.1 cm³/mol. The van der Waals surface area contributed by atoms with Crippen LogP contribution >= 0.6 is 0 Å². The molecular formula is C15H18N2O. The summed E-state index contributed by atoms with van der Waals surface area (Å²) in [4.78, 5) is 6.26. The summed E-state index contributed by atoms with van der Waals surface area (Å²) in [6, 6.07) is 6.99. The summed E-state index contributed by atoms with van der Waals surface area (Å²) < 4.78 is 5.35. The van der Waals surface area contributed by atoms with Crippen molar-refractivity contribution in [2.75, 3.05) is 20.2 Å². The van der Waals surface area contributed by atoms with Crippen LogP contribution in [-0.4, -0.2) is 30.1 Å². The quantitative estimate of drug-likeness (QED) is 0.833. The Balaban J connectivity index is 1.91. The van der Waals surface area contributed by atoms with Crippen LogP contribution in [-0.2, 0) is 6.42 Å². The van der Waals surface area contributed by atoms with E-state index in [1.807, 2.05) is 6.07 Å². The molecule has 1 unspecified atom stereocenters. The smallest absolute Gasteiger partial charge is 0.119 e. The number of ether oxygens (including phenoxy) is 1. The van der Waals surface area contributed by atoms with E-state index < -0.39 is 0 Å². The molecule has 4 rings (SSSR count). The van der Waals surface area contributed by atoms with Gasteiger partial charge in [-0.3, -0.25) is 4.90 Å². The van der Waals surface area contributed by atoms with E-state index in [1.165, 1.54) is 54.5 Å². The molecule has 94 valence electrons. The van der Waals surface area contributed by atoms with E-state index in [0.29, 0.717) is 6.04 Å². The van der Waals surface area contributed by atoms with E-state index in [-0.39, 0.29) is 0 Å². The first kappa shape index (κ1) is 10.4. The van der Waals surface area contributed by atoms with Gasteiger partial charge in [-0.15, -0.1) is 0 Å². The van der Waals surface area contributed by atoms with E-state index >= 15 is 0 Å². The molecule has 0 bridgehead atoms. The molecule has 3 heterocycles. The fourth-order valence-corrected chi connectivity index (χ4v) is 3.60. The Kier molecular flexibility index (Phi) is 2.18. The van der Waals surface area contributed by atoms with Crippen LogP contribution in [0.25, 0.3) is 10.9 Å². The van der Waals surface area contributed by atoms with Gasteiger partial charge in [0.05, 0.1) is 13.2 Å². The number of nitrogens with zero attached hydrogens (tertiary/aromatic N) is 1. The standard InChI is InChI=1S/C15H18N2O/c1-18-10-4-5-13-12(9-10)11-6-8-17-7-2-3-14(17)15(11)16-13/h4-5,9,14,16H,2-3,6-8H2,1H3. The third kappa shape index (κ3) is 1.34. The van der Waals surface area contributed by atoms with Crippen LogP contribution in [0, 0.1) is 0 Å². The topological polar surface area (TPSA) is 28.3 Å². The molecule has 2 aliphatic rings. The first-order chi connectivity index (χ1) is 8.86. The van der Waals surface area contributed by atoms with E-state index in [0.717, 1.165) is 5.75 Å². The third-order valence-electron chi connectivity index (χ3n) is 4.49. The molecule has 1 N–H and O–H groups in total. The second kappa shape index (κ2) is 3.75. The van der Waals surface area contributed by atoms with Crippen molar-refractivity contribution in [1.29, 1.82) is 0 Å². The lowest BCUT2D eigenvalue weighted by molar-refractivity contribution is 0.241. The molecule has 0 saturated carbocycles. The monoisotopic (exact) mass is 242 g/mol.